The predicted molar refractivity (Wildman–Crippen MR) is 89.9 cm³/mol. The highest BCUT2D eigenvalue weighted by atomic mass is 35.5. The summed E-state index contributed by atoms with van der Waals surface area (Å²) in [7, 11) is 0. The number of ether oxygens (including phenoxy) is 3. The van der Waals surface area contributed by atoms with Gasteiger partial charge in [0.25, 0.3) is 6.29 Å². The van der Waals surface area contributed by atoms with Crippen LogP contribution in [0, 0.1) is 11.8 Å². The number of rotatable bonds is 6. The fourth-order valence-electron chi connectivity index (χ4n) is 3.62. The topological polar surface area (TPSA) is 123 Å². The van der Waals surface area contributed by atoms with Crippen molar-refractivity contribution in [3.63, 3.8) is 0 Å². The SMILES string of the molecule is CC(=O)O[C@H]1C[C@]2(O)C(CO)=CO[C@@H](OC(=O)CC(C)C)[C@@H]2[C@@]1(O)CCl. The van der Waals surface area contributed by atoms with Crippen LogP contribution in [0.3, 0.4) is 0 Å². The predicted octanol–water partition coefficient (Wildman–Crippen LogP) is 0.461. The number of alkyl halides is 1. The van der Waals surface area contributed by atoms with Gasteiger partial charge in [-0.05, 0) is 5.92 Å². The van der Waals surface area contributed by atoms with Crippen molar-refractivity contribution in [1.29, 1.82) is 0 Å². The van der Waals surface area contributed by atoms with Gasteiger partial charge in [-0.1, -0.05) is 13.8 Å². The van der Waals surface area contributed by atoms with Crippen molar-refractivity contribution in [2.75, 3.05) is 12.5 Å². The van der Waals surface area contributed by atoms with Crippen molar-refractivity contribution in [3.8, 4) is 0 Å². The van der Waals surface area contributed by atoms with Crippen LogP contribution in [0.4, 0.5) is 0 Å². The maximum Gasteiger partial charge on any atom is 0.309 e. The third-order valence-corrected chi connectivity index (χ3v) is 5.22. The van der Waals surface area contributed by atoms with Crippen molar-refractivity contribution in [1.82, 2.24) is 0 Å². The molecule has 5 atom stereocenters. The van der Waals surface area contributed by atoms with Crippen LogP contribution in [0.5, 0.6) is 0 Å². The van der Waals surface area contributed by atoms with Crippen LogP contribution in [0.25, 0.3) is 0 Å². The molecule has 0 unspecified atom stereocenters. The molecule has 2 rings (SSSR count). The highest BCUT2D eigenvalue weighted by Gasteiger charge is 2.69. The van der Waals surface area contributed by atoms with Crippen LogP contribution in [0.2, 0.25) is 0 Å². The quantitative estimate of drug-likeness (QED) is 0.440. The Morgan fingerprint density at radius 3 is 2.54 bits per heavy atom. The van der Waals surface area contributed by atoms with Crippen LogP contribution >= 0.6 is 11.6 Å². The van der Waals surface area contributed by atoms with Gasteiger partial charge in [-0.2, -0.15) is 0 Å². The average Bonchev–Trinajstić information content (AvgIpc) is 2.75. The molecule has 9 heteroatoms. The van der Waals surface area contributed by atoms with Crippen molar-refractivity contribution in [3.05, 3.63) is 11.8 Å². The summed E-state index contributed by atoms with van der Waals surface area (Å²) < 4.78 is 15.8. The number of hydrogen-bond donors (Lipinski definition) is 3. The number of esters is 2. The van der Waals surface area contributed by atoms with E-state index in [1.54, 1.807) is 0 Å². The first-order valence-electron chi connectivity index (χ1n) is 8.41. The van der Waals surface area contributed by atoms with Gasteiger partial charge >= 0.3 is 11.9 Å². The van der Waals surface area contributed by atoms with Crippen LogP contribution in [-0.2, 0) is 23.8 Å². The van der Waals surface area contributed by atoms with Crippen LogP contribution in [0.1, 0.15) is 33.6 Å². The molecule has 1 aliphatic heterocycles. The van der Waals surface area contributed by atoms with Crippen molar-refractivity contribution in [2.24, 2.45) is 11.8 Å². The fourth-order valence-corrected chi connectivity index (χ4v) is 3.95. The second kappa shape index (κ2) is 7.72. The fraction of sp³-hybridized carbons (Fsp3) is 0.765. The molecule has 1 heterocycles. The van der Waals surface area contributed by atoms with Crippen LogP contribution in [-0.4, -0.2) is 63.3 Å². The Labute approximate surface area is 156 Å². The lowest BCUT2D eigenvalue weighted by Gasteiger charge is -2.43. The molecule has 0 bridgehead atoms. The van der Waals surface area contributed by atoms with Gasteiger partial charge in [-0.3, -0.25) is 9.59 Å². The van der Waals surface area contributed by atoms with E-state index in [9.17, 15) is 24.9 Å². The number of hydrogen-bond acceptors (Lipinski definition) is 8. The monoisotopic (exact) mass is 392 g/mol. The van der Waals surface area contributed by atoms with E-state index in [-0.39, 0.29) is 24.3 Å². The lowest BCUT2D eigenvalue weighted by atomic mass is 9.77. The molecule has 0 aromatic heterocycles. The third-order valence-electron chi connectivity index (χ3n) is 4.80. The molecule has 0 saturated heterocycles. The molecule has 1 aliphatic carbocycles. The highest BCUT2D eigenvalue weighted by Crippen LogP contribution is 2.53. The molecule has 0 spiro atoms. The molecule has 148 valence electrons. The maximum absolute atomic E-state index is 12.1. The summed E-state index contributed by atoms with van der Waals surface area (Å²) in [4.78, 5) is 23.5. The van der Waals surface area contributed by atoms with Gasteiger partial charge in [0.1, 0.15) is 17.3 Å². The molecular weight excluding hydrogens is 368 g/mol. The van der Waals surface area contributed by atoms with Gasteiger partial charge < -0.3 is 29.5 Å². The largest absolute Gasteiger partial charge is 0.462 e. The van der Waals surface area contributed by atoms with Crippen molar-refractivity contribution < 1.29 is 39.1 Å². The molecule has 1 saturated carbocycles. The van der Waals surface area contributed by atoms with Gasteiger partial charge in [-0.15, -0.1) is 11.6 Å². The third kappa shape index (κ3) is 3.69. The lowest BCUT2D eigenvalue weighted by Crippen LogP contribution is -2.58. The Morgan fingerprint density at radius 2 is 2.04 bits per heavy atom. The summed E-state index contributed by atoms with van der Waals surface area (Å²) in [6, 6.07) is 0. The number of carbonyl (C=O) groups excluding carboxylic acids is 2. The number of carbonyl (C=O) groups is 2. The van der Waals surface area contributed by atoms with Gasteiger partial charge in [0.05, 0.1) is 24.7 Å². The molecule has 26 heavy (non-hydrogen) atoms. The Bertz CT molecular complexity index is 591. The standard InChI is InChI=1S/C17H25ClO8/c1-9(2)4-13(21)26-15-14-16(22,11(6-19)7-24-15)5-12(25-10(3)20)17(14,23)8-18/h7,9,12,14-15,19,22-23H,4-6,8H2,1-3H3/t12-,14-,15-,16-,17+/m0/s1. The van der Waals surface area contributed by atoms with Gasteiger partial charge in [0.2, 0.25) is 0 Å². The second-order valence-electron chi connectivity index (χ2n) is 7.22. The Balaban J connectivity index is 2.40. The van der Waals surface area contributed by atoms with E-state index in [0.717, 1.165) is 6.26 Å². The first-order chi connectivity index (χ1) is 12.1. The number of fused-ring (bicyclic) bond motifs is 1. The number of aliphatic hydroxyl groups excluding tert-OH is 1. The summed E-state index contributed by atoms with van der Waals surface area (Å²) in [5.41, 5.74) is -3.64. The number of halogens is 1. The summed E-state index contributed by atoms with van der Waals surface area (Å²) in [6.45, 7) is 4.29. The molecular formula is C17H25ClO8. The zero-order valence-corrected chi connectivity index (χ0v) is 15.7. The minimum Gasteiger partial charge on any atom is -0.462 e. The molecule has 3 N–H and O–H groups in total. The first kappa shape index (κ1) is 21.0. The summed E-state index contributed by atoms with van der Waals surface area (Å²) in [5, 5.41) is 31.8. The molecule has 8 nitrogen and oxygen atoms in total. The van der Waals surface area contributed by atoms with Gasteiger partial charge in [-0.25, -0.2) is 0 Å². The van der Waals surface area contributed by atoms with E-state index in [2.05, 4.69) is 0 Å². The Kier molecular flexibility index (Phi) is 6.22. The summed E-state index contributed by atoms with van der Waals surface area (Å²) >= 11 is 5.96. The molecule has 0 aromatic rings. The van der Waals surface area contributed by atoms with Crippen molar-refractivity contribution in [2.45, 2.75) is 57.2 Å². The normalized spacial score (nSPS) is 36.2. The van der Waals surface area contributed by atoms with Crippen LogP contribution in [0.15, 0.2) is 11.8 Å². The summed E-state index contributed by atoms with van der Waals surface area (Å²) in [5.74, 6) is -2.83. The van der Waals surface area contributed by atoms with E-state index in [1.807, 2.05) is 13.8 Å². The molecule has 2 aliphatic rings. The number of aliphatic hydroxyl groups is 3. The van der Waals surface area contributed by atoms with E-state index >= 15 is 0 Å². The minimum absolute atomic E-state index is 0.0396. The van der Waals surface area contributed by atoms with Gasteiger partial charge in [0, 0.05) is 25.3 Å². The smallest absolute Gasteiger partial charge is 0.309 e. The minimum atomic E-state index is -1.92. The second-order valence-corrected chi connectivity index (χ2v) is 7.49. The summed E-state index contributed by atoms with van der Waals surface area (Å²) in [6.07, 6.45) is -1.49. The molecule has 0 aromatic carbocycles. The molecule has 1 fully saturated rings. The maximum atomic E-state index is 12.1. The highest BCUT2D eigenvalue weighted by molar-refractivity contribution is 6.18. The van der Waals surface area contributed by atoms with Crippen LogP contribution < -0.4 is 0 Å². The average molecular weight is 393 g/mol. The van der Waals surface area contributed by atoms with E-state index in [4.69, 9.17) is 25.8 Å². The van der Waals surface area contributed by atoms with E-state index < -0.39 is 53.9 Å². The zero-order chi connectivity index (χ0) is 19.7. The Hall–Kier alpha value is -1.35. The Morgan fingerprint density at radius 1 is 1.38 bits per heavy atom. The van der Waals surface area contributed by atoms with Gasteiger partial charge in [0.15, 0.2) is 0 Å². The lowest BCUT2D eigenvalue weighted by molar-refractivity contribution is -0.228. The molecule has 0 amide bonds. The van der Waals surface area contributed by atoms with E-state index in [1.165, 1.54) is 6.92 Å². The van der Waals surface area contributed by atoms with Crippen molar-refractivity contribution >= 4 is 23.5 Å². The first-order valence-corrected chi connectivity index (χ1v) is 8.95. The molecule has 0 radical (unpaired) electrons. The van der Waals surface area contributed by atoms with E-state index in [0.29, 0.717) is 0 Å². The zero-order valence-electron chi connectivity index (χ0n) is 15.0.